The highest BCUT2D eigenvalue weighted by molar-refractivity contribution is 5.97. The lowest BCUT2D eigenvalue weighted by atomic mass is 10.1. The summed E-state index contributed by atoms with van der Waals surface area (Å²) in [5.74, 6) is 0.834. The molecule has 2 heteroatoms. The lowest BCUT2D eigenvalue weighted by molar-refractivity contribution is 0.310. The van der Waals surface area contributed by atoms with Gasteiger partial charge in [0.15, 0.2) is 0 Å². The molecule has 0 unspecified atom stereocenters. The Morgan fingerprint density at radius 1 is 0.900 bits per heavy atom. The lowest BCUT2D eigenvalue weighted by Crippen LogP contribution is -1.97. The van der Waals surface area contributed by atoms with Crippen molar-refractivity contribution in [3.05, 3.63) is 71.8 Å². The van der Waals surface area contributed by atoms with Crippen LogP contribution in [-0.2, 0) is 6.61 Å². The van der Waals surface area contributed by atoms with Crippen molar-refractivity contribution in [2.24, 2.45) is 0 Å². The Hall–Kier alpha value is -2.48. The number of hydrogen-bond acceptors (Lipinski definition) is 2. The van der Waals surface area contributed by atoms with E-state index >= 15 is 0 Å². The number of nitrogen functional groups attached to an aromatic ring is 1. The van der Waals surface area contributed by atoms with Crippen LogP contribution in [0.4, 0.5) is 5.69 Å². The first-order valence-electron chi connectivity index (χ1n) is 6.69. The topological polar surface area (TPSA) is 35.2 Å². The molecule has 100 valence electrons. The molecule has 0 amide bonds. The molecular weight excluding hydrogens is 246 g/mol. The van der Waals surface area contributed by atoms with Crippen LogP contribution in [0.1, 0.15) is 11.1 Å². The molecule has 0 fully saturated rings. The number of hydrogen-bond donors (Lipinski definition) is 1. The number of fused-ring (bicyclic) bond motifs is 1. The van der Waals surface area contributed by atoms with E-state index in [1.54, 1.807) is 0 Å². The molecule has 0 bridgehead atoms. The van der Waals surface area contributed by atoms with Gasteiger partial charge in [0.05, 0.1) is 0 Å². The van der Waals surface area contributed by atoms with E-state index < -0.39 is 0 Å². The van der Waals surface area contributed by atoms with Crippen LogP contribution in [0, 0.1) is 6.92 Å². The molecule has 0 radical (unpaired) electrons. The molecule has 2 N–H and O–H groups in total. The summed E-state index contributed by atoms with van der Waals surface area (Å²) >= 11 is 0. The minimum absolute atomic E-state index is 0.549. The quantitative estimate of drug-likeness (QED) is 0.715. The molecule has 0 saturated heterocycles. The molecule has 0 spiro atoms. The lowest BCUT2D eigenvalue weighted by Gasteiger charge is -2.11. The average molecular weight is 263 g/mol. The molecule has 3 aromatic rings. The summed E-state index contributed by atoms with van der Waals surface area (Å²) in [5.41, 5.74) is 9.23. The fraction of sp³-hybridized carbons (Fsp3) is 0.111. The van der Waals surface area contributed by atoms with Gasteiger partial charge in [-0.25, -0.2) is 0 Å². The van der Waals surface area contributed by atoms with Crippen molar-refractivity contribution in [1.29, 1.82) is 0 Å². The van der Waals surface area contributed by atoms with Crippen molar-refractivity contribution in [1.82, 2.24) is 0 Å². The van der Waals surface area contributed by atoms with Crippen molar-refractivity contribution >= 4 is 16.5 Å². The van der Waals surface area contributed by atoms with Crippen LogP contribution in [-0.4, -0.2) is 0 Å². The minimum Gasteiger partial charge on any atom is -0.488 e. The van der Waals surface area contributed by atoms with Gasteiger partial charge in [-0.05, 0) is 30.0 Å². The number of ether oxygens (including phenoxy) is 1. The Morgan fingerprint density at radius 3 is 2.35 bits per heavy atom. The van der Waals surface area contributed by atoms with Crippen molar-refractivity contribution in [3.8, 4) is 5.75 Å². The van der Waals surface area contributed by atoms with Crippen LogP contribution < -0.4 is 10.5 Å². The van der Waals surface area contributed by atoms with Crippen molar-refractivity contribution in [2.45, 2.75) is 13.5 Å². The predicted octanol–water partition coefficient (Wildman–Crippen LogP) is 4.31. The fourth-order valence-electron chi connectivity index (χ4n) is 2.30. The number of aryl methyl sites for hydroxylation is 1. The van der Waals surface area contributed by atoms with E-state index in [0.717, 1.165) is 27.8 Å². The number of nitrogens with two attached hydrogens (primary N) is 1. The van der Waals surface area contributed by atoms with Crippen LogP contribution in [0.3, 0.4) is 0 Å². The first-order valence-corrected chi connectivity index (χ1v) is 6.69. The summed E-state index contributed by atoms with van der Waals surface area (Å²) in [5, 5.41) is 2.09. The molecule has 0 aliphatic rings. The highest BCUT2D eigenvalue weighted by Crippen LogP contribution is 2.31. The molecule has 0 aliphatic carbocycles. The van der Waals surface area contributed by atoms with E-state index in [1.807, 2.05) is 36.4 Å². The van der Waals surface area contributed by atoms with Gasteiger partial charge in [0.2, 0.25) is 0 Å². The van der Waals surface area contributed by atoms with Crippen LogP contribution in [0.2, 0.25) is 0 Å². The highest BCUT2D eigenvalue weighted by Gasteiger charge is 2.05. The Bertz CT molecular complexity index is 727. The van der Waals surface area contributed by atoms with Gasteiger partial charge in [0.25, 0.3) is 0 Å². The van der Waals surface area contributed by atoms with E-state index in [-0.39, 0.29) is 0 Å². The molecule has 0 aliphatic heterocycles. The molecule has 0 aromatic heterocycles. The normalized spacial score (nSPS) is 10.7. The summed E-state index contributed by atoms with van der Waals surface area (Å²) in [6.07, 6.45) is 0. The zero-order valence-electron chi connectivity index (χ0n) is 11.5. The standard InChI is InChI=1S/C18H17NO/c1-13-8-10-14(11-9-13)12-20-17-7-3-5-15-4-2-6-16(19)18(15)17/h2-11H,12,19H2,1H3. The molecule has 20 heavy (non-hydrogen) atoms. The van der Waals surface area contributed by atoms with Gasteiger partial charge in [0.1, 0.15) is 12.4 Å². The number of rotatable bonds is 3. The maximum atomic E-state index is 6.07. The summed E-state index contributed by atoms with van der Waals surface area (Å²) in [6.45, 7) is 2.63. The number of benzene rings is 3. The second-order valence-corrected chi connectivity index (χ2v) is 4.98. The van der Waals surface area contributed by atoms with Gasteiger partial charge in [0, 0.05) is 11.1 Å². The second-order valence-electron chi connectivity index (χ2n) is 4.98. The molecule has 2 nitrogen and oxygen atoms in total. The smallest absolute Gasteiger partial charge is 0.129 e. The van der Waals surface area contributed by atoms with Gasteiger partial charge in [-0.15, -0.1) is 0 Å². The van der Waals surface area contributed by atoms with Gasteiger partial charge in [-0.2, -0.15) is 0 Å². The van der Waals surface area contributed by atoms with Crippen molar-refractivity contribution in [3.63, 3.8) is 0 Å². The summed E-state index contributed by atoms with van der Waals surface area (Å²) in [6, 6.07) is 20.3. The van der Waals surface area contributed by atoms with Crippen LogP contribution in [0.15, 0.2) is 60.7 Å². The SMILES string of the molecule is Cc1ccc(COc2cccc3cccc(N)c23)cc1. The third-order valence-corrected chi connectivity index (χ3v) is 3.41. The maximum Gasteiger partial charge on any atom is 0.129 e. The monoisotopic (exact) mass is 263 g/mol. The molecule has 0 atom stereocenters. The van der Waals surface area contributed by atoms with E-state index in [4.69, 9.17) is 10.5 Å². The summed E-state index contributed by atoms with van der Waals surface area (Å²) in [4.78, 5) is 0. The highest BCUT2D eigenvalue weighted by atomic mass is 16.5. The molecular formula is C18H17NO. The van der Waals surface area contributed by atoms with Gasteiger partial charge in [-0.3, -0.25) is 0 Å². The number of anilines is 1. The Labute approximate surface area is 118 Å². The third kappa shape index (κ3) is 2.45. The van der Waals surface area contributed by atoms with Gasteiger partial charge >= 0.3 is 0 Å². The largest absolute Gasteiger partial charge is 0.488 e. The fourth-order valence-corrected chi connectivity index (χ4v) is 2.30. The Morgan fingerprint density at radius 2 is 1.60 bits per heavy atom. The molecule has 0 heterocycles. The first kappa shape index (κ1) is 12.5. The van der Waals surface area contributed by atoms with E-state index in [9.17, 15) is 0 Å². The maximum absolute atomic E-state index is 6.07. The second kappa shape index (κ2) is 5.25. The summed E-state index contributed by atoms with van der Waals surface area (Å²) < 4.78 is 5.95. The summed E-state index contributed by atoms with van der Waals surface area (Å²) in [7, 11) is 0. The zero-order valence-corrected chi connectivity index (χ0v) is 11.5. The molecule has 0 saturated carbocycles. The van der Waals surface area contributed by atoms with Crippen molar-refractivity contribution in [2.75, 3.05) is 5.73 Å². The van der Waals surface area contributed by atoms with Gasteiger partial charge in [-0.1, -0.05) is 54.1 Å². The van der Waals surface area contributed by atoms with E-state index in [2.05, 4.69) is 31.2 Å². The molecule has 3 aromatic carbocycles. The van der Waals surface area contributed by atoms with Gasteiger partial charge < -0.3 is 10.5 Å². The zero-order chi connectivity index (χ0) is 13.9. The Kier molecular flexibility index (Phi) is 3.30. The predicted molar refractivity (Wildman–Crippen MR) is 83.9 cm³/mol. The minimum atomic E-state index is 0.549. The van der Waals surface area contributed by atoms with Crippen LogP contribution >= 0.6 is 0 Å². The first-order chi connectivity index (χ1) is 9.74. The Balaban J connectivity index is 1.89. The van der Waals surface area contributed by atoms with E-state index in [0.29, 0.717) is 6.61 Å². The van der Waals surface area contributed by atoms with E-state index in [1.165, 1.54) is 5.56 Å². The third-order valence-electron chi connectivity index (χ3n) is 3.41. The van der Waals surface area contributed by atoms with Crippen LogP contribution in [0.5, 0.6) is 5.75 Å². The average Bonchev–Trinajstić information content (AvgIpc) is 2.47. The van der Waals surface area contributed by atoms with Crippen LogP contribution in [0.25, 0.3) is 10.8 Å². The van der Waals surface area contributed by atoms with Crippen molar-refractivity contribution < 1.29 is 4.74 Å². The molecule has 3 rings (SSSR count).